The molecule has 4 unspecified atom stereocenters. The lowest BCUT2D eigenvalue weighted by molar-refractivity contribution is -0.127. The summed E-state index contributed by atoms with van der Waals surface area (Å²) >= 11 is 0. The summed E-state index contributed by atoms with van der Waals surface area (Å²) in [6.45, 7) is 9.92. The minimum Gasteiger partial charge on any atom is -0.352 e. The lowest BCUT2D eigenvalue weighted by atomic mass is 9.77. The number of nitrogens with one attached hydrogen (secondary N) is 2. The molecule has 0 radical (unpaired) electrons. The smallest absolute Gasteiger partial charge is 0.237 e. The molecule has 2 aliphatic rings. The summed E-state index contributed by atoms with van der Waals surface area (Å²) in [6.07, 6.45) is 4.69. The zero-order valence-corrected chi connectivity index (χ0v) is 12.3. The first-order chi connectivity index (χ1) is 8.42. The molecule has 1 amide bonds. The Kier molecular flexibility index (Phi) is 4.00. The maximum atomic E-state index is 12.4. The summed E-state index contributed by atoms with van der Waals surface area (Å²) in [4.78, 5) is 12.4. The van der Waals surface area contributed by atoms with Gasteiger partial charge in [-0.25, -0.2) is 0 Å². The third-order valence-corrected chi connectivity index (χ3v) is 5.18. The largest absolute Gasteiger partial charge is 0.352 e. The molecule has 1 aliphatic carbocycles. The van der Waals surface area contributed by atoms with Gasteiger partial charge in [-0.2, -0.15) is 0 Å². The normalized spacial score (nSPS) is 39.6. The highest BCUT2D eigenvalue weighted by Gasteiger charge is 2.39. The molecule has 0 spiro atoms. The number of piperidine rings is 1. The SMILES string of the molecule is CC1CCC(NC(=O)C2NCCCC2(C)C)C1C. The molecule has 0 aromatic rings. The van der Waals surface area contributed by atoms with Gasteiger partial charge in [-0.05, 0) is 49.5 Å². The zero-order chi connectivity index (χ0) is 13.3. The van der Waals surface area contributed by atoms with E-state index in [0.29, 0.717) is 12.0 Å². The first kappa shape index (κ1) is 13.9. The summed E-state index contributed by atoms with van der Waals surface area (Å²) in [6, 6.07) is 0.362. The predicted octanol–water partition coefficient (Wildman–Crippen LogP) is 2.32. The second-order valence-corrected chi connectivity index (χ2v) is 7.01. The minimum atomic E-state index is -0.0191. The van der Waals surface area contributed by atoms with Crippen LogP contribution in [0.2, 0.25) is 0 Å². The number of hydrogen-bond acceptors (Lipinski definition) is 2. The standard InChI is InChI=1S/C15H28N2O/c1-10-6-7-12(11(10)2)17-14(18)13-15(3,4)8-5-9-16-13/h10-13,16H,5-9H2,1-4H3,(H,17,18). The Morgan fingerprint density at radius 3 is 2.56 bits per heavy atom. The molecule has 1 saturated carbocycles. The van der Waals surface area contributed by atoms with Crippen molar-refractivity contribution in [3.8, 4) is 0 Å². The van der Waals surface area contributed by atoms with Gasteiger partial charge in [0.2, 0.25) is 5.91 Å². The van der Waals surface area contributed by atoms with Crippen LogP contribution >= 0.6 is 0 Å². The van der Waals surface area contributed by atoms with Crippen LogP contribution in [0.1, 0.15) is 53.4 Å². The van der Waals surface area contributed by atoms with Gasteiger partial charge < -0.3 is 10.6 Å². The lowest BCUT2D eigenvalue weighted by Gasteiger charge is -2.39. The molecule has 18 heavy (non-hydrogen) atoms. The van der Waals surface area contributed by atoms with Crippen molar-refractivity contribution in [1.82, 2.24) is 10.6 Å². The maximum absolute atomic E-state index is 12.4. The highest BCUT2D eigenvalue weighted by Crippen LogP contribution is 2.33. The van der Waals surface area contributed by atoms with Crippen molar-refractivity contribution < 1.29 is 4.79 Å². The number of carbonyl (C=O) groups is 1. The Labute approximate surface area is 111 Å². The van der Waals surface area contributed by atoms with Gasteiger partial charge in [-0.1, -0.05) is 27.7 Å². The molecule has 0 aromatic heterocycles. The molecule has 0 aromatic carbocycles. The molecule has 1 aliphatic heterocycles. The number of carbonyl (C=O) groups excluding carboxylic acids is 1. The van der Waals surface area contributed by atoms with E-state index in [2.05, 4.69) is 38.3 Å². The van der Waals surface area contributed by atoms with Crippen molar-refractivity contribution in [3.05, 3.63) is 0 Å². The first-order valence-corrected chi connectivity index (χ1v) is 7.45. The Morgan fingerprint density at radius 1 is 1.28 bits per heavy atom. The molecule has 1 heterocycles. The topological polar surface area (TPSA) is 41.1 Å². The molecule has 1 saturated heterocycles. The third kappa shape index (κ3) is 2.71. The number of rotatable bonds is 2. The van der Waals surface area contributed by atoms with Crippen LogP contribution in [0.15, 0.2) is 0 Å². The summed E-state index contributed by atoms with van der Waals surface area (Å²) in [5.74, 6) is 1.56. The fourth-order valence-electron chi connectivity index (χ4n) is 3.49. The van der Waals surface area contributed by atoms with E-state index in [9.17, 15) is 4.79 Å². The summed E-state index contributed by atoms with van der Waals surface area (Å²) in [5.41, 5.74) is 0.0792. The van der Waals surface area contributed by atoms with Crippen LogP contribution in [-0.2, 0) is 4.79 Å². The molecule has 0 bridgehead atoms. The second kappa shape index (κ2) is 5.20. The number of amides is 1. The van der Waals surface area contributed by atoms with E-state index in [1.54, 1.807) is 0 Å². The fourth-order valence-corrected chi connectivity index (χ4v) is 3.49. The molecule has 2 fully saturated rings. The Balaban J connectivity index is 1.95. The van der Waals surface area contributed by atoms with Crippen molar-refractivity contribution in [1.29, 1.82) is 0 Å². The molecule has 2 rings (SSSR count). The average Bonchev–Trinajstić information content (AvgIpc) is 2.60. The second-order valence-electron chi connectivity index (χ2n) is 7.01. The highest BCUT2D eigenvalue weighted by atomic mass is 16.2. The van der Waals surface area contributed by atoms with Gasteiger partial charge in [-0.15, -0.1) is 0 Å². The van der Waals surface area contributed by atoms with Gasteiger partial charge in [0.15, 0.2) is 0 Å². The Bertz CT molecular complexity index is 314. The zero-order valence-electron chi connectivity index (χ0n) is 12.3. The fraction of sp³-hybridized carbons (Fsp3) is 0.933. The van der Waals surface area contributed by atoms with Gasteiger partial charge in [0.1, 0.15) is 0 Å². The van der Waals surface area contributed by atoms with E-state index < -0.39 is 0 Å². The highest BCUT2D eigenvalue weighted by molar-refractivity contribution is 5.83. The molecule has 2 N–H and O–H groups in total. The van der Waals surface area contributed by atoms with E-state index in [0.717, 1.165) is 25.3 Å². The van der Waals surface area contributed by atoms with Crippen LogP contribution in [0.5, 0.6) is 0 Å². The van der Waals surface area contributed by atoms with Crippen molar-refractivity contribution in [2.24, 2.45) is 17.3 Å². The van der Waals surface area contributed by atoms with Gasteiger partial charge in [0.05, 0.1) is 6.04 Å². The Hall–Kier alpha value is -0.570. The molecule has 3 heteroatoms. The van der Waals surface area contributed by atoms with E-state index in [1.807, 2.05) is 0 Å². The van der Waals surface area contributed by atoms with Gasteiger partial charge in [-0.3, -0.25) is 4.79 Å². The van der Waals surface area contributed by atoms with Crippen molar-refractivity contribution in [2.75, 3.05) is 6.54 Å². The Morgan fingerprint density at radius 2 is 2.00 bits per heavy atom. The van der Waals surface area contributed by atoms with Crippen LogP contribution < -0.4 is 10.6 Å². The molecular weight excluding hydrogens is 224 g/mol. The van der Waals surface area contributed by atoms with Crippen LogP contribution in [0.25, 0.3) is 0 Å². The average molecular weight is 252 g/mol. The molecule has 104 valence electrons. The maximum Gasteiger partial charge on any atom is 0.237 e. The van der Waals surface area contributed by atoms with E-state index in [4.69, 9.17) is 0 Å². The minimum absolute atomic E-state index is 0.0191. The van der Waals surface area contributed by atoms with Crippen LogP contribution in [0.4, 0.5) is 0 Å². The van der Waals surface area contributed by atoms with E-state index >= 15 is 0 Å². The summed E-state index contributed by atoms with van der Waals surface area (Å²) in [5, 5.41) is 6.68. The van der Waals surface area contributed by atoms with E-state index in [-0.39, 0.29) is 17.4 Å². The quantitative estimate of drug-likeness (QED) is 0.792. The molecule has 4 atom stereocenters. The summed E-state index contributed by atoms with van der Waals surface area (Å²) < 4.78 is 0. The van der Waals surface area contributed by atoms with Crippen molar-refractivity contribution >= 4 is 5.91 Å². The van der Waals surface area contributed by atoms with Crippen LogP contribution in [0.3, 0.4) is 0 Å². The van der Waals surface area contributed by atoms with E-state index in [1.165, 1.54) is 12.8 Å². The number of hydrogen-bond donors (Lipinski definition) is 2. The van der Waals surface area contributed by atoms with Crippen molar-refractivity contribution in [3.63, 3.8) is 0 Å². The van der Waals surface area contributed by atoms with Crippen LogP contribution in [0, 0.1) is 17.3 Å². The first-order valence-electron chi connectivity index (χ1n) is 7.45. The van der Waals surface area contributed by atoms with Crippen molar-refractivity contribution in [2.45, 2.75) is 65.5 Å². The third-order valence-electron chi connectivity index (χ3n) is 5.18. The van der Waals surface area contributed by atoms with Gasteiger partial charge in [0, 0.05) is 6.04 Å². The molecular formula is C15H28N2O. The van der Waals surface area contributed by atoms with Gasteiger partial charge in [0.25, 0.3) is 0 Å². The van der Waals surface area contributed by atoms with Crippen LogP contribution in [-0.4, -0.2) is 24.5 Å². The summed E-state index contributed by atoms with van der Waals surface area (Å²) in [7, 11) is 0. The monoisotopic (exact) mass is 252 g/mol. The lowest BCUT2D eigenvalue weighted by Crippen LogP contribution is -2.57. The molecule has 3 nitrogen and oxygen atoms in total. The van der Waals surface area contributed by atoms with Gasteiger partial charge >= 0.3 is 0 Å². The predicted molar refractivity (Wildman–Crippen MR) is 74.3 cm³/mol.